The van der Waals surface area contributed by atoms with E-state index in [0.29, 0.717) is 26.7 Å². The van der Waals surface area contributed by atoms with Gasteiger partial charge >= 0.3 is 16.3 Å². The lowest BCUT2D eigenvalue weighted by Gasteiger charge is -2.39. The highest BCUT2D eigenvalue weighted by Gasteiger charge is 2.39. The average Bonchev–Trinajstić information content (AvgIpc) is 2.92. The quantitative estimate of drug-likeness (QED) is 0.223. The number of rotatable bonds is 8. The number of benzene rings is 4. The van der Waals surface area contributed by atoms with Gasteiger partial charge in [0.15, 0.2) is 0 Å². The number of halogens is 3. The molecule has 4 aromatic carbocycles. The molecule has 8 heteroatoms. The molecule has 0 N–H and O–H groups in total. The largest absolute Gasteiger partial charge is 0.416 e. The van der Waals surface area contributed by atoms with Crippen molar-refractivity contribution in [1.82, 2.24) is 0 Å². The smallest absolute Gasteiger partial charge is 0.203 e. The zero-order valence-corrected chi connectivity index (χ0v) is 22.0. The highest BCUT2D eigenvalue weighted by molar-refractivity contribution is 8.33. The fraction of sp³-hybridized carbons (Fsp3) is 0.172. The molecule has 3 nitrogen and oxygen atoms in total. The van der Waals surface area contributed by atoms with Crippen LogP contribution in [-0.4, -0.2) is 8.42 Å². The van der Waals surface area contributed by atoms with Crippen LogP contribution in [0.25, 0.3) is 0 Å². The molecule has 0 aliphatic heterocycles. The van der Waals surface area contributed by atoms with Crippen molar-refractivity contribution in [1.29, 1.82) is 0 Å². The molecule has 0 fully saturated rings. The molecule has 0 heterocycles. The SMILES string of the molecule is CCC(C)c1ccc(S(OS(=O)(=O)c2cccc(C(F)(F)F)c2)(c2ccccc2)c2ccccc2)cc1. The monoisotopic (exact) mass is 544 g/mol. The second-order valence-electron chi connectivity index (χ2n) is 8.61. The summed E-state index contributed by atoms with van der Waals surface area (Å²) in [5.74, 6) is 0.307. The van der Waals surface area contributed by atoms with E-state index in [9.17, 15) is 21.6 Å². The summed E-state index contributed by atoms with van der Waals surface area (Å²) in [5.41, 5.74) is 0.0384. The molecule has 0 saturated heterocycles. The molecule has 0 amide bonds. The molecule has 0 aliphatic carbocycles. The molecule has 194 valence electrons. The lowest BCUT2D eigenvalue weighted by Crippen LogP contribution is -2.15. The molecular weight excluding hydrogens is 517 g/mol. The van der Waals surface area contributed by atoms with Crippen molar-refractivity contribution >= 4 is 20.4 Å². The Morgan fingerprint density at radius 3 is 1.68 bits per heavy atom. The summed E-state index contributed by atoms with van der Waals surface area (Å²) in [5, 5.41) is 0. The van der Waals surface area contributed by atoms with E-state index in [-0.39, 0.29) is 0 Å². The molecule has 0 aliphatic rings. The summed E-state index contributed by atoms with van der Waals surface area (Å²) < 4.78 is 73.7. The van der Waals surface area contributed by atoms with E-state index in [4.69, 9.17) is 3.63 Å². The maximum atomic E-state index is 13.7. The second-order valence-corrected chi connectivity index (χ2v) is 13.1. The predicted octanol–water partition coefficient (Wildman–Crippen LogP) is 8.82. The second kappa shape index (κ2) is 10.7. The molecule has 0 bridgehead atoms. The van der Waals surface area contributed by atoms with Gasteiger partial charge in [0.05, 0.1) is 10.5 Å². The van der Waals surface area contributed by atoms with Crippen LogP contribution in [0.1, 0.15) is 37.3 Å². The normalized spacial score (nSPS) is 13.8. The molecular formula is C29H27F3O3S2. The Hall–Kier alpha value is -3.07. The summed E-state index contributed by atoms with van der Waals surface area (Å²) >= 11 is 0. The van der Waals surface area contributed by atoms with E-state index in [1.807, 2.05) is 36.4 Å². The van der Waals surface area contributed by atoms with Gasteiger partial charge in [0.1, 0.15) is 0 Å². The third kappa shape index (κ3) is 5.61. The van der Waals surface area contributed by atoms with E-state index in [1.165, 1.54) is 0 Å². The Kier molecular flexibility index (Phi) is 7.83. The van der Waals surface area contributed by atoms with E-state index in [0.717, 1.165) is 30.2 Å². The first-order chi connectivity index (χ1) is 17.6. The van der Waals surface area contributed by atoms with Crippen LogP contribution in [0.4, 0.5) is 13.2 Å². The van der Waals surface area contributed by atoms with Crippen LogP contribution in [-0.2, 0) is 19.9 Å². The minimum Gasteiger partial charge on any atom is -0.203 e. The summed E-state index contributed by atoms with van der Waals surface area (Å²) in [6.07, 6.45) is -3.75. The van der Waals surface area contributed by atoms with Crippen LogP contribution < -0.4 is 0 Å². The van der Waals surface area contributed by atoms with Gasteiger partial charge in [-0.2, -0.15) is 21.6 Å². The summed E-state index contributed by atoms with van der Waals surface area (Å²) in [4.78, 5) is 1.27. The summed E-state index contributed by atoms with van der Waals surface area (Å²) in [6.45, 7) is 4.20. The van der Waals surface area contributed by atoms with Gasteiger partial charge in [-0.15, -0.1) is 0 Å². The van der Waals surface area contributed by atoms with Gasteiger partial charge in [0.2, 0.25) is 0 Å². The van der Waals surface area contributed by atoms with Crippen LogP contribution in [0, 0.1) is 0 Å². The average molecular weight is 545 g/mol. The van der Waals surface area contributed by atoms with Crippen LogP contribution >= 0.6 is 10.3 Å². The maximum Gasteiger partial charge on any atom is 0.416 e. The highest BCUT2D eigenvalue weighted by Crippen LogP contribution is 2.70. The van der Waals surface area contributed by atoms with Gasteiger partial charge < -0.3 is 0 Å². The highest BCUT2D eigenvalue weighted by atomic mass is 32.3. The molecule has 4 aromatic rings. The van der Waals surface area contributed by atoms with Crippen molar-refractivity contribution < 1.29 is 25.2 Å². The van der Waals surface area contributed by atoms with Gasteiger partial charge in [-0.3, -0.25) is 0 Å². The van der Waals surface area contributed by atoms with Crippen molar-refractivity contribution in [2.75, 3.05) is 0 Å². The van der Waals surface area contributed by atoms with Crippen LogP contribution in [0.3, 0.4) is 0 Å². The molecule has 1 atom stereocenters. The molecule has 37 heavy (non-hydrogen) atoms. The first kappa shape index (κ1) is 27.0. The lowest BCUT2D eigenvalue weighted by molar-refractivity contribution is -0.137. The molecule has 0 spiro atoms. The third-order valence-corrected chi connectivity index (χ3v) is 11.4. The summed E-state index contributed by atoms with van der Waals surface area (Å²) in [6, 6.07) is 29.2. The Balaban J connectivity index is 1.96. The van der Waals surface area contributed by atoms with E-state index >= 15 is 0 Å². The van der Waals surface area contributed by atoms with Crippen molar-refractivity contribution in [3.05, 3.63) is 120 Å². The fourth-order valence-electron chi connectivity index (χ4n) is 3.98. The number of hydrogen-bond acceptors (Lipinski definition) is 3. The Labute approximate surface area is 217 Å². The Bertz CT molecular complexity index is 1400. The van der Waals surface area contributed by atoms with Gasteiger partial charge in [0, 0.05) is 14.7 Å². The van der Waals surface area contributed by atoms with Crippen molar-refractivity contribution in [3.8, 4) is 0 Å². The maximum absolute atomic E-state index is 13.7. The predicted molar refractivity (Wildman–Crippen MR) is 140 cm³/mol. The van der Waals surface area contributed by atoms with E-state index < -0.39 is 37.1 Å². The van der Waals surface area contributed by atoms with Crippen molar-refractivity contribution in [2.45, 2.75) is 51.9 Å². The molecule has 0 saturated carbocycles. The standard InChI is InChI=1S/C29H27F3O3S2/c1-3-22(2)23-17-19-27(20-18-23)36(25-12-6-4-7-13-25,26-14-8-5-9-15-26)35-37(33,34)28-16-10-11-24(21-28)29(30,31)32/h4-22H,3H2,1-2H3. The minimum atomic E-state index is -4.69. The Morgan fingerprint density at radius 1 is 0.703 bits per heavy atom. The Morgan fingerprint density at radius 2 is 1.19 bits per heavy atom. The van der Waals surface area contributed by atoms with Crippen molar-refractivity contribution in [3.63, 3.8) is 0 Å². The first-order valence-corrected chi connectivity index (χ1v) is 14.7. The van der Waals surface area contributed by atoms with Gasteiger partial charge in [-0.25, -0.2) is 3.63 Å². The third-order valence-electron chi connectivity index (χ3n) is 6.19. The van der Waals surface area contributed by atoms with Crippen LogP contribution in [0.15, 0.2) is 129 Å². The topological polar surface area (TPSA) is 43.4 Å². The summed E-state index contributed by atoms with van der Waals surface area (Å²) in [7, 11) is -7.54. The number of alkyl halides is 3. The van der Waals surface area contributed by atoms with Gasteiger partial charge in [-0.05, 0) is 82.8 Å². The van der Waals surface area contributed by atoms with Crippen LogP contribution in [0.5, 0.6) is 0 Å². The lowest BCUT2D eigenvalue weighted by atomic mass is 9.99. The first-order valence-electron chi connectivity index (χ1n) is 11.7. The zero-order valence-electron chi connectivity index (χ0n) is 20.4. The number of hydrogen-bond donors (Lipinski definition) is 0. The molecule has 4 rings (SSSR count). The minimum absolute atomic E-state index is 0.307. The van der Waals surface area contributed by atoms with Crippen LogP contribution in [0.2, 0.25) is 0 Å². The zero-order chi connectivity index (χ0) is 26.7. The van der Waals surface area contributed by atoms with E-state index in [1.54, 1.807) is 48.5 Å². The van der Waals surface area contributed by atoms with Crippen molar-refractivity contribution in [2.24, 2.45) is 0 Å². The van der Waals surface area contributed by atoms with E-state index in [2.05, 4.69) is 13.8 Å². The molecule has 0 aromatic heterocycles. The molecule has 0 radical (unpaired) electrons. The molecule has 1 unspecified atom stereocenters. The van der Waals surface area contributed by atoms with Gasteiger partial charge in [-0.1, -0.05) is 68.4 Å². The van der Waals surface area contributed by atoms with Gasteiger partial charge in [0.25, 0.3) is 0 Å². The fourth-order valence-corrected chi connectivity index (χ4v) is 9.24.